The second-order valence-electron chi connectivity index (χ2n) is 4.50. The van der Waals surface area contributed by atoms with Crippen LogP contribution in [0.3, 0.4) is 0 Å². The SMILES string of the molecule is CNC(=O)C1(c2ccc(OC)cc2)CCOCC1. The molecule has 1 aromatic carbocycles. The third kappa shape index (κ3) is 2.20. The highest BCUT2D eigenvalue weighted by atomic mass is 16.5. The molecule has 1 heterocycles. The average molecular weight is 249 g/mol. The number of likely N-dealkylation sites (N-methyl/N-ethyl adjacent to an activating group) is 1. The summed E-state index contributed by atoms with van der Waals surface area (Å²) >= 11 is 0. The van der Waals surface area contributed by atoms with Gasteiger partial charge >= 0.3 is 0 Å². The van der Waals surface area contributed by atoms with Crippen molar-refractivity contribution in [2.24, 2.45) is 0 Å². The molecule has 0 atom stereocenters. The molecule has 1 aromatic rings. The van der Waals surface area contributed by atoms with Crippen molar-refractivity contribution in [3.05, 3.63) is 29.8 Å². The molecule has 0 spiro atoms. The maximum absolute atomic E-state index is 12.2. The van der Waals surface area contributed by atoms with Gasteiger partial charge in [-0.3, -0.25) is 4.79 Å². The molecule has 0 aromatic heterocycles. The number of ether oxygens (including phenoxy) is 2. The van der Waals surface area contributed by atoms with E-state index in [1.165, 1.54) is 0 Å². The molecular weight excluding hydrogens is 230 g/mol. The van der Waals surface area contributed by atoms with Gasteiger partial charge in [-0.05, 0) is 30.5 Å². The summed E-state index contributed by atoms with van der Waals surface area (Å²) in [6.07, 6.45) is 1.44. The van der Waals surface area contributed by atoms with Crippen molar-refractivity contribution in [3.8, 4) is 5.75 Å². The van der Waals surface area contributed by atoms with E-state index < -0.39 is 5.41 Å². The monoisotopic (exact) mass is 249 g/mol. The number of hydrogen-bond acceptors (Lipinski definition) is 3. The summed E-state index contributed by atoms with van der Waals surface area (Å²) in [5, 5.41) is 2.78. The largest absolute Gasteiger partial charge is 0.497 e. The zero-order chi connectivity index (χ0) is 13.0. The van der Waals surface area contributed by atoms with Crippen LogP contribution in [0.4, 0.5) is 0 Å². The van der Waals surface area contributed by atoms with Gasteiger partial charge in [0, 0.05) is 20.3 Å². The molecule has 1 N–H and O–H groups in total. The van der Waals surface area contributed by atoms with Crippen molar-refractivity contribution in [1.29, 1.82) is 0 Å². The first-order valence-corrected chi connectivity index (χ1v) is 6.17. The topological polar surface area (TPSA) is 47.6 Å². The third-order valence-electron chi connectivity index (χ3n) is 3.65. The Bertz CT molecular complexity index is 408. The minimum atomic E-state index is -0.459. The predicted molar refractivity (Wildman–Crippen MR) is 68.8 cm³/mol. The fourth-order valence-electron chi connectivity index (χ4n) is 2.52. The number of carbonyl (C=O) groups is 1. The van der Waals surface area contributed by atoms with Crippen LogP contribution in [0, 0.1) is 0 Å². The Kier molecular flexibility index (Phi) is 3.87. The number of amides is 1. The van der Waals surface area contributed by atoms with E-state index in [1.807, 2.05) is 24.3 Å². The van der Waals surface area contributed by atoms with Crippen molar-refractivity contribution in [1.82, 2.24) is 5.32 Å². The first-order valence-electron chi connectivity index (χ1n) is 6.17. The molecular formula is C14H19NO3. The maximum atomic E-state index is 12.2. The van der Waals surface area contributed by atoms with Gasteiger partial charge in [-0.15, -0.1) is 0 Å². The minimum absolute atomic E-state index is 0.0657. The van der Waals surface area contributed by atoms with Crippen LogP contribution in [0.25, 0.3) is 0 Å². The third-order valence-corrected chi connectivity index (χ3v) is 3.65. The molecule has 0 saturated carbocycles. The zero-order valence-electron chi connectivity index (χ0n) is 10.9. The van der Waals surface area contributed by atoms with Gasteiger partial charge in [0.15, 0.2) is 0 Å². The molecule has 0 unspecified atom stereocenters. The standard InChI is InChI=1S/C14H19NO3/c1-15-13(16)14(7-9-18-10-8-14)11-3-5-12(17-2)6-4-11/h3-6H,7-10H2,1-2H3,(H,15,16). The van der Waals surface area contributed by atoms with Gasteiger partial charge in [-0.25, -0.2) is 0 Å². The lowest BCUT2D eigenvalue weighted by Crippen LogP contribution is -2.46. The number of methoxy groups -OCH3 is 1. The van der Waals surface area contributed by atoms with Crippen molar-refractivity contribution in [2.75, 3.05) is 27.4 Å². The number of nitrogens with one attached hydrogen (secondary N) is 1. The van der Waals surface area contributed by atoms with Crippen LogP contribution in [-0.4, -0.2) is 33.3 Å². The Morgan fingerprint density at radius 2 is 1.89 bits per heavy atom. The van der Waals surface area contributed by atoms with Gasteiger partial charge in [-0.1, -0.05) is 12.1 Å². The van der Waals surface area contributed by atoms with E-state index in [0.29, 0.717) is 13.2 Å². The number of carbonyl (C=O) groups excluding carboxylic acids is 1. The molecule has 18 heavy (non-hydrogen) atoms. The van der Waals surface area contributed by atoms with Crippen molar-refractivity contribution < 1.29 is 14.3 Å². The van der Waals surface area contributed by atoms with E-state index in [0.717, 1.165) is 24.2 Å². The zero-order valence-corrected chi connectivity index (χ0v) is 10.9. The molecule has 0 aliphatic carbocycles. The molecule has 4 nitrogen and oxygen atoms in total. The van der Waals surface area contributed by atoms with Crippen LogP contribution in [0.1, 0.15) is 18.4 Å². The highest BCUT2D eigenvalue weighted by Gasteiger charge is 2.41. The second-order valence-corrected chi connectivity index (χ2v) is 4.50. The Balaban J connectivity index is 2.35. The molecule has 1 aliphatic heterocycles. The molecule has 1 aliphatic rings. The molecule has 98 valence electrons. The fourth-order valence-corrected chi connectivity index (χ4v) is 2.52. The van der Waals surface area contributed by atoms with E-state index in [4.69, 9.17) is 9.47 Å². The van der Waals surface area contributed by atoms with Gasteiger partial charge in [0.25, 0.3) is 0 Å². The smallest absolute Gasteiger partial charge is 0.230 e. The molecule has 4 heteroatoms. The van der Waals surface area contributed by atoms with Crippen LogP contribution < -0.4 is 10.1 Å². The first-order chi connectivity index (χ1) is 8.73. The second kappa shape index (κ2) is 5.40. The van der Waals surface area contributed by atoms with Crippen molar-refractivity contribution in [2.45, 2.75) is 18.3 Å². The first kappa shape index (κ1) is 12.9. The summed E-state index contributed by atoms with van der Waals surface area (Å²) in [6, 6.07) is 7.74. The lowest BCUT2D eigenvalue weighted by Gasteiger charge is -2.35. The maximum Gasteiger partial charge on any atom is 0.230 e. The normalized spacial score (nSPS) is 18.1. The van der Waals surface area contributed by atoms with Crippen LogP contribution >= 0.6 is 0 Å². The highest BCUT2D eigenvalue weighted by Crippen LogP contribution is 2.35. The molecule has 1 saturated heterocycles. The van der Waals surface area contributed by atoms with Crippen molar-refractivity contribution >= 4 is 5.91 Å². The molecule has 0 bridgehead atoms. The van der Waals surface area contributed by atoms with E-state index in [2.05, 4.69) is 5.32 Å². The quantitative estimate of drug-likeness (QED) is 0.883. The summed E-state index contributed by atoms with van der Waals surface area (Å²) in [7, 11) is 3.32. The molecule has 1 amide bonds. The van der Waals surface area contributed by atoms with Crippen LogP contribution in [0.15, 0.2) is 24.3 Å². The van der Waals surface area contributed by atoms with Gasteiger partial charge in [0.1, 0.15) is 5.75 Å². The summed E-state index contributed by atoms with van der Waals surface area (Å²) in [4.78, 5) is 12.2. The molecule has 1 fully saturated rings. The van der Waals surface area contributed by atoms with Gasteiger partial charge < -0.3 is 14.8 Å². The highest BCUT2D eigenvalue weighted by molar-refractivity contribution is 5.88. The Labute approximate surface area is 107 Å². The number of benzene rings is 1. The van der Waals surface area contributed by atoms with Crippen LogP contribution in [-0.2, 0) is 14.9 Å². The van der Waals surface area contributed by atoms with Crippen molar-refractivity contribution in [3.63, 3.8) is 0 Å². The summed E-state index contributed by atoms with van der Waals surface area (Å²) in [5.41, 5.74) is 0.574. The number of rotatable bonds is 3. The summed E-state index contributed by atoms with van der Waals surface area (Å²) in [5.74, 6) is 0.869. The average Bonchev–Trinajstić information content (AvgIpc) is 2.47. The van der Waals surface area contributed by atoms with E-state index >= 15 is 0 Å². The lowest BCUT2D eigenvalue weighted by atomic mass is 9.73. The van der Waals surface area contributed by atoms with E-state index in [-0.39, 0.29) is 5.91 Å². The van der Waals surface area contributed by atoms with Gasteiger partial charge in [0.2, 0.25) is 5.91 Å². The van der Waals surface area contributed by atoms with E-state index in [9.17, 15) is 4.79 Å². The lowest BCUT2D eigenvalue weighted by molar-refractivity contribution is -0.129. The molecule has 0 radical (unpaired) electrons. The Morgan fingerprint density at radius 1 is 1.28 bits per heavy atom. The predicted octanol–water partition coefficient (Wildman–Crippen LogP) is 1.49. The Morgan fingerprint density at radius 3 is 2.39 bits per heavy atom. The number of hydrogen-bond donors (Lipinski definition) is 1. The summed E-state index contributed by atoms with van der Waals surface area (Å²) < 4.78 is 10.5. The molecule has 2 rings (SSSR count). The van der Waals surface area contributed by atoms with Gasteiger partial charge in [0.05, 0.1) is 12.5 Å². The van der Waals surface area contributed by atoms with E-state index in [1.54, 1.807) is 14.2 Å². The minimum Gasteiger partial charge on any atom is -0.497 e. The summed E-state index contributed by atoms with van der Waals surface area (Å²) in [6.45, 7) is 1.25. The fraction of sp³-hybridized carbons (Fsp3) is 0.500. The van der Waals surface area contributed by atoms with Crippen LogP contribution in [0.5, 0.6) is 5.75 Å². The Hall–Kier alpha value is -1.55. The van der Waals surface area contributed by atoms with Gasteiger partial charge in [-0.2, -0.15) is 0 Å². The van der Waals surface area contributed by atoms with Crippen LogP contribution in [0.2, 0.25) is 0 Å².